The van der Waals surface area contributed by atoms with Gasteiger partial charge in [-0.2, -0.15) is 0 Å². The molecule has 2 rings (SSSR count). The van der Waals surface area contributed by atoms with Crippen LogP contribution in [0.1, 0.15) is 25.8 Å². The molecule has 0 unspecified atom stereocenters. The summed E-state index contributed by atoms with van der Waals surface area (Å²) < 4.78 is 0. The van der Waals surface area contributed by atoms with Crippen molar-refractivity contribution in [2.24, 2.45) is 5.73 Å². The van der Waals surface area contributed by atoms with E-state index in [1.54, 1.807) is 0 Å². The minimum atomic E-state index is -0.318. The first-order chi connectivity index (χ1) is 8.87. The minimum absolute atomic E-state index is 0.303. The van der Waals surface area contributed by atoms with Crippen LogP contribution in [0.5, 0.6) is 0 Å². The van der Waals surface area contributed by atoms with Crippen LogP contribution >= 0.6 is 11.6 Å². The van der Waals surface area contributed by atoms with Gasteiger partial charge < -0.3 is 16.0 Å². The van der Waals surface area contributed by atoms with Gasteiger partial charge in [0.1, 0.15) is 0 Å². The van der Waals surface area contributed by atoms with E-state index in [9.17, 15) is 4.79 Å². The van der Waals surface area contributed by atoms with E-state index < -0.39 is 0 Å². The van der Waals surface area contributed by atoms with Crippen molar-refractivity contribution in [3.05, 3.63) is 35.0 Å². The number of nitrogens with one attached hydrogen (secondary N) is 2. The molecule has 4 nitrogen and oxygen atoms in total. The highest BCUT2D eigenvalue weighted by Crippen LogP contribution is 2.22. The number of aromatic amines is 1. The SMILES string of the molecule is CC(C)(CC(N)=O)NCc1c[nH]c2cc(Cl)ccc12. The van der Waals surface area contributed by atoms with Crippen LogP contribution in [0.4, 0.5) is 0 Å². The van der Waals surface area contributed by atoms with Crippen LogP contribution < -0.4 is 11.1 Å². The highest BCUT2D eigenvalue weighted by atomic mass is 35.5. The Balaban J connectivity index is 2.12. The van der Waals surface area contributed by atoms with Crippen LogP contribution in [-0.4, -0.2) is 16.4 Å². The summed E-state index contributed by atoms with van der Waals surface area (Å²) >= 11 is 5.95. The summed E-state index contributed by atoms with van der Waals surface area (Å²) in [7, 11) is 0. The number of hydrogen-bond donors (Lipinski definition) is 3. The first-order valence-electron chi connectivity index (χ1n) is 6.16. The molecule has 0 saturated carbocycles. The monoisotopic (exact) mass is 279 g/mol. The Morgan fingerprint density at radius 3 is 2.89 bits per heavy atom. The van der Waals surface area contributed by atoms with Gasteiger partial charge in [-0.1, -0.05) is 17.7 Å². The maximum absolute atomic E-state index is 11.0. The first-order valence-corrected chi connectivity index (χ1v) is 6.54. The second-order valence-corrected chi connectivity index (χ2v) is 5.82. The summed E-state index contributed by atoms with van der Waals surface area (Å²) in [5.74, 6) is -0.303. The Labute approximate surface area is 117 Å². The second kappa shape index (κ2) is 5.23. The predicted octanol–water partition coefficient (Wildman–Crippen LogP) is 2.56. The highest BCUT2D eigenvalue weighted by Gasteiger charge is 2.20. The molecule has 102 valence electrons. The van der Waals surface area contributed by atoms with E-state index >= 15 is 0 Å². The summed E-state index contributed by atoms with van der Waals surface area (Å²) in [6.07, 6.45) is 2.26. The van der Waals surface area contributed by atoms with Gasteiger partial charge in [0, 0.05) is 40.6 Å². The molecule has 0 aliphatic carbocycles. The molecule has 1 heterocycles. The van der Waals surface area contributed by atoms with E-state index in [4.69, 9.17) is 17.3 Å². The Morgan fingerprint density at radius 2 is 2.21 bits per heavy atom. The molecule has 1 amide bonds. The van der Waals surface area contributed by atoms with E-state index in [1.165, 1.54) is 0 Å². The Hall–Kier alpha value is -1.52. The molecule has 0 aliphatic heterocycles. The molecule has 0 spiro atoms. The third-order valence-corrected chi connectivity index (χ3v) is 3.34. The van der Waals surface area contributed by atoms with Crippen molar-refractivity contribution in [3.8, 4) is 0 Å². The third kappa shape index (κ3) is 3.49. The van der Waals surface area contributed by atoms with Crippen molar-refractivity contribution in [3.63, 3.8) is 0 Å². The number of nitrogens with two attached hydrogens (primary N) is 1. The number of H-pyrrole nitrogens is 1. The number of halogens is 1. The van der Waals surface area contributed by atoms with Crippen molar-refractivity contribution in [2.45, 2.75) is 32.4 Å². The molecule has 2 aromatic rings. The number of fused-ring (bicyclic) bond motifs is 1. The van der Waals surface area contributed by atoms with Gasteiger partial charge in [0.15, 0.2) is 0 Å². The van der Waals surface area contributed by atoms with E-state index in [1.807, 2.05) is 38.2 Å². The summed E-state index contributed by atoms with van der Waals surface area (Å²) in [6.45, 7) is 4.59. The van der Waals surface area contributed by atoms with Crippen molar-refractivity contribution in [1.82, 2.24) is 10.3 Å². The van der Waals surface area contributed by atoms with Crippen molar-refractivity contribution in [1.29, 1.82) is 0 Å². The lowest BCUT2D eigenvalue weighted by atomic mass is 10.00. The molecule has 0 saturated heterocycles. The van der Waals surface area contributed by atoms with E-state index in [-0.39, 0.29) is 11.4 Å². The summed E-state index contributed by atoms with van der Waals surface area (Å²) in [4.78, 5) is 14.2. The molecular weight excluding hydrogens is 262 g/mol. The van der Waals surface area contributed by atoms with Crippen LogP contribution in [0.15, 0.2) is 24.4 Å². The van der Waals surface area contributed by atoms with Crippen molar-refractivity contribution < 1.29 is 4.79 Å². The maximum atomic E-state index is 11.0. The number of hydrogen-bond acceptors (Lipinski definition) is 2. The number of primary amides is 1. The standard InChI is InChI=1S/C14H18ClN3O/c1-14(2,6-13(16)19)18-8-9-7-17-12-5-10(15)3-4-11(9)12/h3-5,7,17-18H,6,8H2,1-2H3,(H2,16,19). The highest BCUT2D eigenvalue weighted by molar-refractivity contribution is 6.31. The molecule has 19 heavy (non-hydrogen) atoms. The smallest absolute Gasteiger partial charge is 0.219 e. The normalized spacial score (nSPS) is 11.9. The number of aromatic nitrogens is 1. The van der Waals surface area contributed by atoms with Crippen LogP contribution in [0.2, 0.25) is 5.02 Å². The Kier molecular flexibility index (Phi) is 3.83. The van der Waals surface area contributed by atoms with Gasteiger partial charge in [0.05, 0.1) is 0 Å². The number of rotatable bonds is 5. The molecular formula is C14H18ClN3O. The van der Waals surface area contributed by atoms with Gasteiger partial charge >= 0.3 is 0 Å². The van der Waals surface area contributed by atoms with Gasteiger partial charge in [-0.3, -0.25) is 4.79 Å². The largest absolute Gasteiger partial charge is 0.370 e. The van der Waals surface area contributed by atoms with Gasteiger partial charge in [-0.05, 0) is 31.5 Å². The van der Waals surface area contributed by atoms with E-state index in [2.05, 4.69) is 10.3 Å². The minimum Gasteiger partial charge on any atom is -0.370 e. The second-order valence-electron chi connectivity index (χ2n) is 5.38. The van der Waals surface area contributed by atoms with Crippen LogP contribution in [0.25, 0.3) is 10.9 Å². The van der Waals surface area contributed by atoms with Gasteiger partial charge in [0.2, 0.25) is 5.91 Å². The zero-order valence-corrected chi connectivity index (χ0v) is 11.8. The lowest BCUT2D eigenvalue weighted by Crippen LogP contribution is -2.42. The Bertz CT molecular complexity index is 604. The molecule has 1 aromatic carbocycles. The van der Waals surface area contributed by atoms with Crippen molar-refractivity contribution in [2.75, 3.05) is 0 Å². The van der Waals surface area contributed by atoms with Crippen LogP contribution in [0, 0.1) is 0 Å². The number of benzene rings is 1. The summed E-state index contributed by atoms with van der Waals surface area (Å²) in [6, 6.07) is 5.76. The molecule has 0 fully saturated rings. The molecule has 4 N–H and O–H groups in total. The topological polar surface area (TPSA) is 70.9 Å². The van der Waals surface area contributed by atoms with E-state index in [0.717, 1.165) is 16.5 Å². The Morgan fingerprint density at radius 1 is 1.47 bits per heavy atom. The zero-order valence-electron chi connectivity index (χ0n) is 11.1. The average Bonchev–Trinajstić information content (AvgIpc) is 2.67. The van der Waals surface area contributed by atoms with Crippen molar-refractivity contribution >= 4 is 28.4 Å². The molecule has 1 aromatic heterocycles. The van der Waals surface area contributed by atoms with E-state index in [0.29, 0.717) is 18.0 Å². The third-order valence-electron chi connectivity index (χ3n) is 3.10. The summed E-state index contributed by atoms with van der Waals surface area (Å²) in [5.41, 5.74) is 7.07. The zero-order chi connectivity index (χ0) is 14.0. The average molecular weight is 280 g/mol. The quantitative estimate of drug-likeness (QED) is 0.787. The molecule has 0 aliphatic rings. The number of amides is 1. The molecule has 5 heteroatoms. The lowest BCUT2D eigenvalue weighted by molar-refractivity contribution is -0.119. The maximum Gasteiger partial charge on any atom is 0.219 e. The van der Waals surface area contributed by atoms with Crippen LogP contribution in [0.3, 0.4) is 0 Å². The van der Waals surface area contributed by atoms with Crippen LogP contribution in [-0.2, 0) is 11.3 Å². The fourth-order valence-corrected chi connectivity index (χ4v) is 2.31. The predicted molar refractivity (Wildman–Crippen MR) is 78.0 cm³/mol. The summed E-state index contributed by atoms with van der Waals surface area (Å²) in [5, 5.41) is 5.19. The van der Waals surface area contributed by atoms with Gasteiger partial charge in [-0.15, -0.1) is 0 Å². The first kappa shape index (κ1) is 13.9. The molecule has 0 atom stereocenters. The lowest BCUT2D eigenvalue weighted by Gasteiger charge is -2.24. The fourth-order valence-electron chi connectivity index (χ4n) is 2.14. The van der Waals surface area contributed by atoms with Gasteiger partial charge in [-0.25, -0.2) is 0 Å². The number of carbonyl (C=O) groups excluding carboxylic acids is 1. The molecule has 0 bridgehead atoms. The fraction of sp³-hybridized carbons (Fsp3) is 0.357. The molecule has 0 radical (unpaired) electrons. The van der Waals surface area contributed by atoms with Gasteiger partial charge in [0.25, 0.3) is 0 Å². The number of carbonyl (C=O) groups is 1.